The summed E-state index contributed by atoms with van der Waals surface area (Å²) < 4.78 is 13.4. The molecule has 0 saturated carbocycles. The molecule has 86 valence electrons. The molecule has 0 saturated heterocycles. The highest BCUT2D eigenvalue weighted by Gasteiger charge is 2.10. The lowest BCUT2D eigenvalue weighted by Gasteiger charge is -2.02. The number of benzene rings is 1. The SMILES string of the molecule is O=C(O)c1ccc(-c2ccccc2F)c(=O)[nH]1. The van der Waals surface area contributed by atoms with Crippen molar-refractivity contribution in [3.8, 4) is 11.1 Å². The third kappa shape index (κ3) is 2.08. The number of carboxylic acid groups (broad SMARTS) is 1. The number of H-pyrrole nitrogens is 1. The molecular formula is C12H8FNO3. The molecule has 1 heterocycles. The molecule has 1 aromatic heterocycles. The maximum atomic E-state index is 13.4. The van der Waals surface area contributed by atoms with Crippen molar-refractivity contribution in [1.29, 1.82) is 0 Å². The van der Waals surface area contributed by atoms with Gasteiger partial charge in [-0.25, -0.2) is 9.18 Å². The minimum atomic E-state index is -1.23. The summed E-state index contributed by atoms with van der Waals surface area (Å²) in [5.41, 5.74) is -0.608. The van der Waals surface area contributed by atoms with E-state index in [-0.39, 0.29) is 16.8 Å². The standard InChI is InChI=1S/C12H8FNO3/c13-9-4-2-1-3-7(9)8-5-6-10(12(16)17)14-11(8)15/h1-6H,(H,14,15)(H,16,17). The maximum absolute atomic E-state index is 13.4. The van der Waals surface area contributed by atoms with Crippen LogP contribution in [0.2, 0.25) is 0 Å². The molecule has 17 heavy (non-hydrogen) atoms. The van der Waals surface area contributed by atoms with Gasteiger partial charge >= 0.3 is 5.97 Å². The van der Waals surface area contributed by atoms with E-state index >= 15 is 0 Å². The first-order valence-corrected chi connectivity index (χ1v) is 4.81. The predicted molar refractivity (Wildman–Crippen MR) is 59.4 cm³/mol. The molecule has 0 aliphatic heterocycles. The van der Waals surface area contributed by atoms with Gasteiger partial charge < -0.3 is 10.1 Å². The summed E-state index contributed by atoms with van der Waals surface area (Å²) in [4.78, 5) is 24.4. The van der Waals surface area contributed by atoms with E-state index < -0.39 is 17.3 Å². The van der Waals surface area contributed by atoms with Crippen molar-refractivity contribution < 1.29 is 14.3 Å². The van der Waals surface area contributed by atoms with Gasteiger partial charge in [-0.3, -0.25) is 4.79 Å². The van der Waals surface area contributed by atoms with E-state index in [4.69, 9.17) is 5.11 Å². The molecule has 5 heteroatoms. The van der Waals surface area contributed by atoms with E-state index in [1.165, 1.54) is 30.3 Å². The Hall–Kier alpha value is -2.43. The molecule has 0 aliphatic carbocycles. The van der Waals surface area contributed by atoms with Crippen LogP contribution in [0.1, 0.15) is 10.5 Å². The van der Waals surface area contributed by atoms with Gasteiger partial charge in [0.1, 0.15) is 11.5 Å². The van der Waals surface area contributed by atoms with E-state index in [0.717, 1.165) is 0 Å². The predicted octanol–water partition coefficient (Wildman–Crippen LogP) is 1.88. The van der Waals surface area contributed by atoms with Gasteiger partial charge in [-0.1, -0.05) is 18.2 Å². The van der Waals surface area contributed by atoms with Crippen molar-refractivity contribution in [2.24, 2.45) is 0 Å². The van der Waals surface area contributed by atoms with Crippen LogP contribution in [0.25, 0.3) is 11.1 Å². The van der Waals surface area contributed by atoms with Gasteiger partial charge in [0, 0.05) is 11.1 Å². The van der Waals surface area contributed by atoms with Gasteiger partial charge in [0.05, 0.1) is 0 Å². The molecule has 1 aromatic carbocycles. The van der Waals surface area contributed by atoms with Crippen LogP contribution in [-0.4, -0.2) is 16.1 Å². The summed E-state index contributed by atoms with van der Waals surface area (Å²) in [5, 5.41) is 8.68. The van der Waals surface area contributed by atoms with Gasteiger partial charge in [0.25, 0.3) is 5.56 Å². The van der Waals surface area contributed by atoms with Crippen LogP contribution in [0, 0.1) is 5.82 Å². The number of aromatic amines is 1. The number of aromatic carboxylic acids is 1. The van der Waals surface area contributed by atoms with Crippen LogP contribution < -0.4 is 5.56 Å². The zero-order valence-electron chi connectivity index (χ0n) is 8.61. The Morgan fingerprint density at radius 1 is 1.12 bits per heavy atom. The number of nitrogens with one attached hydrogen (secondary N) is 1. The molecule has 0 spiro atoms. The van der Waals surface area contributed by atoms with E-state index in [2.05, 4.69) is 4.98 Å². The van der Waals surface area contributed by atoms with Crippen LogP contribution in [0.4, 0.5) is 4.39 Å². The van der Waals surface area contributed by atoms with Gasteiger partial charge in [-0.2, -0.15) is 0 Å². The average molecular weight is 233 g/mol. The molecule has 4 nitrogen and oxygen atoms in total. The second kappa shape index (κ2) is 4.21. The Morgan fingerprint density at radius 2 is 1.82 bits per heavy atom. The normalized spacial score (nSPS) is 10.2. The summed E-state index contributed by atoms with van der Waals surface area (Å²) in [6, 6.07) is 8.33. The second-order valence-electron chi connectivity index (χ2n) is 3.40. The molecule has 2 N–H and O–H groups in total. The van der Waals surface area contributed by atoms with Crippen LogP contribution in [-0.2, 0) is 0 Å². The average Bonchev–Trinajstić information content (AvgIpc) is 2.30. The minimum absolute atomic E-state index is 0.105. The lowest BCUT2D eigenvalue weighted by atomic mass is 10.1. The largest absolute Gasteiger partial charge is 0.477 e. The molecule has 0 unspecified atom stereocenters. The summed E-state index contributed by atoms with van der Waals surface area (Å²) in [6.45, 7) is 0. The summed E-state index contributed by atoms with van der Waals surface area (Å²) in [6.07, 6.45) is 0. The molecule has 0 fully saturated rings. The Bertz CT molecular complexity index is 634. The number of pyridine rings is 1. The number of aromatic nitrogens is 1. The first-order chi connectivity index (χ1) is 8.09. The summed E-state index contributed by atoms with van der Waals surface area (Å²) in [7, 11) is 0. The third-order valence-electron chi connectivity index (χ3n) is 2.30. The van der Waals surface area contributed by atoms with E-state index in [9.17, 15) is 14.0 Å². The number of carboxylic acids is 1. The molecule has 2 aromatic rings. The fourth-order valence-electron chi connectivity index (χ4n) is 1.49. The van der Waals surface area contributed by atoms with Gasteiger partial charge in [-0.15, -0.1) is 0 Å². The van der Waals surface area contributed by atoms with Crippen molar-refractivity contribution in [3.63, 3.8) is 0 Å². The Labute approximate surface area is 95.4 Å². The summed E-state index contributed by atoms with van der Waals surface area (Å²) >= 11 is 0. The molecule has 2 rings (SSSR count). The van der Waals surface area contributed by atoms with E-state index in [1.807, 2.05) is 0 Å². The molecule has 0 amide bonds. The third-order valence-corrected chi connectivity index (χ3v) is 2.30. The zero-order chi connectivity index (χ0) is 12.4. The zero-order valence-corrected chi connectivity index (χ0v) is 8.61. The van der Waals surface area contributed by atoms with Crippen molar-refractivity contribution in [2.75, 3.05) is 0 Å². The van der Waals surface area contributed by atoms with Crippen molar-refractivity contribution >= 4 is 5.97 Å². The maximum Gasteiger partial charge on any atom is 0.352 e. The summed E-state index contributed by atoms with van der Waals surface area (Å²) in [5.74, 6) is -1.76. The van der Waals surface area contributed by atoms with Crippen molar-refractivity contribution in [2.45, 2.75) is 0 Å². The van der Waals surface area contributed by atoms with Crippen LogP contribution in [0.3, 0.4) is 0 Å². The number of hydrogen-bond donors (Lipinski definition) is 2. The molecule has 0 aliphatic rings. The van der Waals surface area contributed by atoms with Crippen molar-refractivity contribution in [1.82, 2.24) is 4.98 Å². The monoisotopic (exact) mass is 233 g/mol. The Balaban J connectivity index is 2.59. The smallest absolute Gasteiger partial charge is 0.352 e. The van der Waals surface area contributed by atoms with E-state index in [1.54, 1.807) is 6.07 Å². The van der Waals surface area contributed by atoms with E-state index in [0.29, 0.717) is 0 Å². The molecular weight excluding hydrogens is 225 g/mol. The van der Waals surface area contributed by atoms with Crippen LogP contribution >= 0.6 is 0 Å². The number of carbonyl (C=O) groups is 1. The molecule has 0 atom stereocenters. The highest BCUT2D eigenvalue weighted by molar-refractivity contribution is 5.85. The second-order valence-corrected chi connectivity index (χ2v) is 3.40. The number of halogens is 1. The quantitative estimate of drug-likeness (QED) is 0.831. The minimum Gasteiger partial charge on any atom is -0.477 e. The first-order valence-electron chi connectivity index (χ1n) is 4.81. The first kappa shape index (κ1) is 11.1. The van der Waals surface area contributed by atoms with Gasteiger partial charge in [0.15, 0.2) is 0 Å². The highest BCUT2D eigenvalue weighted by Crippen LogP contribution is 2.18. The van der Waals surface area contributed by atoms with Gasteiger partial charge in [-0.05, 0) is 18.2 Å². The Kier molecular flexibility index (Phi) is 2.74. The number of hydrogen-bond acceptors (Lipinski definition) is 2. The Morgan fingerprint density at radius 3 is 2.41 bits per heavy atom. The van der Waals surface area contributed by atoms with Crippen LogP contribution in [0.15, 0.2) is 41.2 Å². The molecule has 0 bridgehead atoms. The highest BCUT2D eigenvalue weighted by atomic mass is 19.1. The molecule has 0 radical (unpaired) electrons. The van der Waals surface area contributed by atoms with Crippen molar-refractivity contribution in [3.05, 3.63) is 58.3 Å². The topological polar surface area (TPSA) is 70.2 Å². The lowest BCUT2D eigenvalue weighted by Crippen LogP contribution is -2.14. The van der Waals surface area contributed by atoms with Crippen LogP contribution in [0.5, 0.6) is 0 Å². The van der Waals surface area contributed by atoms with Gasteiger partial charge in [0.2, 0.25) is 0 Å². The fourth-order valence-corrected chi connectivity index (χ4v) is 1.49. The lowest BCUT2D eigenvalue weighted by molar-refractivity contribution is 0.0690. The fraction of sp³-hybridized carbons (Fsp3) is 0. The number of rotatable bonds is 2.